The van der Waals surface area contributed by atoms with Crippen molar-refractivity contribution in [1.29, 1.82) is 0 Å². The van der Waals surface area contributed by atoms with Crippen LogP contribution in [-0.2, 0) is 0 Å². The highest BCUT2D eigenvalue weighted by molar-refractivity contribution is 7.16. The van der Waals surface area contributed by atoms with Gasteiger partial charge in [0.1, 0.15) is 5.69 Å². The van der Waals surface area contributed by atoms with Crippen LogP contribution in [0.25, 0.3) is 10.2 Å². The van der Waals surface area contributed by atoms with Gasteiger partial charge in [0.2, 0.25) is 0 Å². The molecule has 6 heteroatoms. The smallest absolute Gasteiger partial charge is 0.319 e. The van der Waals surface area contributed by atoms with E-state index in [1.54, 1.807) is 11.6 Å². The minimum Gasteiger partial charge on any atom is -0.379 e. The molecular weight excluding hydrogens is 250 g/mol. The van der Waals surface area contributed by atoms with Gasteiger partial charge in [0.25, 0.3) is 0 Å². The number of nitrogens with zero attached hydrogens (tertiary/aromatic N) is 2. The van der Waals surface area contributed by atoms with Crippen molar-refractivity contribution in [1.82, 2.24) is 4.98 Å². The van der Waals surface area contributed by atoms with Crippen molar-refractivity contribution >= 4 is 32.9 Å². The van der Waals surface area contributed by atoms with Crippen LogP contribution in [-0.4, -0.2) is 16.5 Å². The van der Waals surface area contributed by atoms with Crippen LogP contribution in [0, 0.1) is 22.5 Å². The highest BCUT2D eigenvalue weighted by Gasteiger charge is 2.20. The number of terminal acetylenes is 1. The number of unbranched alkanes of at least 4 members (excludes halogenated alkanes) is 1. The van der Waals surface area contributed by atoms with Crippen LogP contribution in [0.2, 0.25) is 0 Å². The van der Waals surface area contributed by atoms with Crippen LogP contribution >= 0.6 is 11.3 Å². The van der Waals surface area contributed by atoms with Gasteiger partial charge >= 0.3 is 5.69 Å². The number of aromatic nitrogens is 1. The average molecular weight is 261 g/mol. The summed E-state index contributed by atoms with van der Waals surface area (Å²) >= 11 is 1.39. The summed E-state index contributed by atoms with van der Waals surface area (Å²) in [6, 6.07) is 3.55. The predicted octanol–water partition coefficient (Wildman–Crippen LogP) is 3.03. The molecule has 2 aromatic rings. The number of hydrogen-bond acceptors (Lipinski definition) is 5. The monoisotopic (exact) mass is 261 g/mol. The number of hydrogen-bond donors (Lipinski definition) is 1. The Bertz CT molecular complexity index is 615. The van der Waals surface area contributed by atoms with E-state index >= 15 is 0 Å². The lowest BCUT2D eigenvalue weighted by atomic mass is 10.2. The maximum absolute atomic E-state index is 11.1. The van der Waals surface area contributed by atoms with Crippen molar-refractivity contribution in [2.45, 2.75) is 12.8 Å². The molecule has 1 aromatic carbocycles. The lowest BCUT2D eigenvalue weighted by Gasteiger charge is -2.06. The van der Waals surface area contributed by atoms with E-state index in [9.17, 15) is 10.1 Å². The van der Waals surface area contributed by atoms with Gasteiger partial charge in [-0.1, -0.05) is 0 Å². The van der Waals surface area contributed by atoms with Crippen molar-refractivity contribution < 1.29 is 4.92 Å². The Hall–Kier alpha value is -2.13. The summed E-state index contributed by atoms with van der Waals surface area (Å²) in [6.45, 7) is 0.612. The van der Waals surface area contributed by atoms with E-state index in [4.69, 9.17) is 6.42 Å². The standard InChI is InChI=1S/C12H11N3O2S/c1-2-3-4-7-13-9-5-6-10-11(14-8-18-10)12(9)15(16)17/h1,5-6,8,13H,3-4,7H2. The molecule has 0 spiro atoms. The van der Waals surface area contributed by atoms with Gasteiger partial charge in [0, 0.05) is 13.0 Å². The second kappa shape index (κ2) is 5.47. The summed E-state index contributed by atoms with van der Waals surface area (Å²) in [5, 5.41) is 14.2. The summed E-state index contributed by atoms with van der Waals surface area (Å²) in [4.78, 5) is 14.8. The molecule has 0 atom stereocenters. The fourth-order valence-corrected chi connectivity index (χ4v) is 2.34. The Balaban J connectivity index is 2.29. The topological polar surface area (TPSA) is 68.1 Å². The van der Waals surface area contributed by atoms with E-state index in [-0.39, 0.29) is 5.69 Å². The zero-order chi connectivity index (χ0) is 13.0. The number of anilines is 1. The molecule has 1 aromatic heterocycles. The van der Waals surface area contributed by atoms with E-state index in [1.807, 2.05) is 6.07 Å². The zero-order valence-electron chi connectivity index (χ0n) is 9.55. The minimum absolute atomic E-state index is 0.0365. The van der Waals surface area contributed by atoms with Gasteiger partial charge in [-0.2, -0.15) is 0 Å². The second-order valence-electron chi connectivity index (χ2n) is 3.65. The molecule has 0 saturated heterocycles. The van der Waals surface area contributed by atoms with Gasteiger partial charge in [-0.3, -0.25) is 10.1 Å². The molecule has 0 aliphatic heterocycles. The number of thiazole rings is 1. The van der Waals surface area contributed by atoms with Crippen molar-refractivity contribution in [2.75, 3.05) is 11.9 Å². The molecule has 0 saturated carbocycles. The molecule has 2 rings (SSSR count). The van der Waals surface area contributed by atoms with E-state index in [0.29, 0.717) is 24.2 Å². The van der Waals surface area contributed by atoms with Gasteiger partial charge in [-0.05, 0) is 18.6 Å². The molecule has 92 valence electrons. The molecule has 0 aliphatic rings. The highest BCUT2D eigenvalue weighted by Crippen LogP contribution is 2.34. The molecule has 1 N–H and O–H groups in total. The first-order valence-corrected chi connectivity index (χ1v) is 6.30. The van der Waals surface area contributed by atoms with E-state index in [2.05, 4.69) is 16.2 Å². The molecular formula is C12H11N3O2S. The Morgan fingerprint density at radius 1 is 1.56 bits per heavy atom. The Morgan fingerprint density at radius 3 is 3.11 bits per heavy atom. The van der Waals surface area contributed by atoms with Crippen molar-refractivity contribution in [2.24, 2.45) is 0 Å². The summed E-state index contributed by atoms with van der Waals surface area (Å²) in [5.41, 5.74) is 2.58. The number of nitro benzene ring substituents is 1. The van der Waals surface area contributed by atoms with Gasteiger partial charge < -0.3 is 5.32 Å². The maximum atomic E-state index is 11.1. The maximum Gasteiger partial charge on any atom is 0.319 e. The molecule has 5 nitrogen and oxygen atoms in total. The van der Waals surface area contributed by atoms with E-state index < -0.39 is 4.92 Å². The van der Waals surface area contributed by atoms with Crippen LogP contribution in [0.3, 0.4) is 0 Å². The number of rotatable bonds is 5. The van der Waals surface area contributed by atoms with Crippen LogP contribution < -0.4 is 5.32 Å². The van der Waals surface area contributed by atoms with E-state index in [0.717, 1.165) is 11.1 Å². The highest BCUT2D eigenvalue weighted by atomic mass is 32.1. The first-order valence-electron chi connectivity index (χ1n) is 5.42. The first kappa shape index (κ1) is 12.3. The summed E-state index contributed by atoms with van der Waals surface area (Å²) in [5.74, 6) is 2.53. The minimum atomic E-state index is -0.397. The lowest BCUT2D eigenvalue weighted by Crippen LogP contribution is -2.04. The SMILES string of the molecule is C#CCCCNc1ccc2scnc2c1[N+](=O)[O-]. The van der Waals surface area contributed by atoms with Crippen LogP contribution in [0.15, 0.2) is 17.6 Å². The van der Waals surface area contributed by atoms with Crippen LogP contribution in [0.4, 0.5) is 11.4 Å². The molecule has 0 bridgehead atoms. The van der Waals surface area contributed by atoms with Crippen molar-refractivity contribution in [3.05, 3.63) is 27.8 Å². The molecule has 0 unspecified atom stereocenters. The number of nitro groups is 1. The predicted molar refractivity (Wildman–Crippen MR) is 72.8 cm³/mol. The first-order chi connectivity index (χ1) is 8.74. The largest absolute Gasteiger partial charge is 0.379 e. The van der Waals surface area contributed by atoms with Gasteiger partial charge in [-0.25, -0.2) is 4.98 Å². The third-order valence-corrected chi connectivity index (χ3v) is 3.27. The van der Waals surface area contributed by atoms with Crippen molar-refractivity contribution in [3.63, 3.8) is 0 Å². The Kier molecular flexibility index (Phi) is 3.75. The normalized spacial score (nSPS) is 10.2. The molecule has 0 aliphatic carbocycles. The fourth-order valence-electron chi connectivity index (χ4n) is 1.66. The number of nitrogens with one attached hydrogen (secondary N) is 1. The molecule has 0 fully saturated rings. The van der Waals surface area contributed by atoms with Gasteiger partial charge in [-0.15, -0.1) is 23.7 Å². The third-order valence-electron chi connectivity index (χ3n) is 2.47. The average Bonchev–Trinajstić information content (AvgIpc) is 2.81. The van der Waals surface area contributed by atoms with Gasteiger partial charge in [0.05, 0.1) is 15.1 Å². The summed E-state index contributed by atoms with van der Waals surface area (Å²) < 4.78 is 0.816. The lowest BCUT2D eigenvalue weighted by molar-refractivity contribution is -0.382. The quantitative estimate of drug-likeness (QED) is 0.389. The Labute approximate surface area is 108 Å². The molecule has 0 radical (unpaired) electrons. The molecule has 18 heavy (non-hydrogen) atoms. The van der Waals surface area contributed by atoms with Crippen LogP contribution in [0.5, 0.6) is 0 Å². The van der Waals surface area contributed by atoms with E-state index in [1.165, 1.54) is 11.3 Å². The summed E-state index contributed by atoms with van der Waals surface area (Å²) in [6.07, 6.45) is 6.59. The molecule has 1 heterocycles. The third kappa shape index (κ3) is 2.41. The van der Waals surface area contributed by atoms with Crippen molar-refractivity contribution in [3.8, 4) is 12.3 Å². The number of benzene rings is 1. The molecule has 0 amide bonds. The van der Waals surface area contributed by atoms with Gasteiger partial charge in [0.15, 0.2) is 5.52 Å². The number of fused-ring (bicyclic) bond motifs is 1. The summed E-state index contributed by atoms with van der Waals surface area (Å²) in [7, 11) is 0. The zero-order valence-corrected chi connectivity index (χ0v) is 10.4. The Morgan fingerprint density at radius 2 is 2.39 bits per heavy atom. The fraction of sp³-hybridized carbons (Fsp3) is 0.250. The van der Waals surface area contributed by atoms with Crippen LogP contribution in [0.1, 0.15) is 12.8 Å². The second-order valence-corrected chi connectivity index (χ2v) is 4.54.